The smallest absolute Gasteiger partial charge is 0.287 e. The van der Waals surface area contributed by atoms with Gasteiger partial charge in [-0.25, -0.2) is 4.57 Å². The molecule has 0 spiro atoms. The Bertz CT molecular complexity index is 1760. The molecule has 3 heteroatoms. The Morgan fingerprint density at radius 1 is 0.971 bits per heavy atom. The van der Waals surface area contributed by atoms with E-state index in [9.17, 15) is 0 Å². The molecule has 3 aromatic heterocycles. The zero-order valence-electron chi connectivity index (χ0n) is 21.7. The van der Waals surface area contributed by atoms with Gasteiger partial charge in [0.25, 0.3) is 6.33 Å². The fourth-order valence-corrected chi connectivity index (χ4v) is 6.09. The van der Waals surface area contributed by atoms with E-state index in [1.807, 2.05) is 6.33 Å². The highest BCUT2D eigenvalue weighted by molar-refractivity contribution is 6.26. The third-order valence-electron chi connectivity index (χ3n) is 7.58. The van der Waals surface area contributed by atoms with Gasteiger partial charge >= 0.3 is 0 Å². The van der Waals surface area contributed by atoms with E-state index in [2.05, 4.69) is 101 Å². The molecule has 0 saturated heterocycles. The van der Waals surface area contributed by atoms with Gasteiger partial charge in [-0.15, -0.1) is 0 Å². The molecule has 0 aliphatic rings. The zero-order chi connectivity index (χ0) is 24.1. The minimum Gasteiger partial charge on any atom is -0.308 e. The maximum atomic E-state index is 4.92. The summed E-state index contributed by atoms with van der Waals surface area (Å²) < 4.78 is 4.77. The lowest BCUT2D eigenvalue weighted by Crippen LogP contribution is -2.30. The molecule has 0 unspecified atom stereocenters. The van der Waals surface area contributed by atoms with E-state index in [-0.39, 0.29) is 5.41 Å². The molecule has 3 aromatic carbocycles. The Balaban J connectivity index is 1.99. The van der Waals surface area contributed by atoms with Crippen LogP contribution in [0.2, 0.25) is 0 Å². The minimum atomic E-state index is 0.210. The Hall–Kier alpha value is -3.20. The summed E-state index contributed by atoms with van der Waals surface area (Å²) in [5.74, 6) is 0.459. The summed E-state index contributed by atoms with van der Waals surface area (Å²) in [5, 5.41) is 5.38. The number of aromatic nitrogens is 3. The van der Waals surface area contributed by atoms with Crippen LogP contribution in [0.3, 0.4) is 0 Å². The predicted octanol–water partition coefficient (Wildman–Crippen LogP) is 7.54. The number of nitrogens with zero attached hydrogens (tertiary/aromatic N) is 3. The van der Waals surface area contributed by atoms with Crippen molar-refractivity contribution in [1.29, 1.82) is 0 Å². The predicted molar refractivity (Wildman–Crippen MR) is 144 cm³/mol. The molecule has 0 aliphatic heterocycles. The lowest BCUT2D eigenvalue weighted by molar-refractivity contribution is -0.646. The lowest BCUT2D eigenvalue weighted by atomic mass is 9.87. The van der Waals surface area contributed by atoms with E-state index in [0.717, 1.165) is 11.9 Å². The van der Waals surface area contributed by atoms with Crippen molar-refractivity contribution >= 4 is 49.1 Å². The van der Waals surface area contributed by atoms with E-state index < -0.39 is 0 Å². The topological polar surface area (TPSA) is 21.2 Å². The third kappa shape index (κ3) is 2.82. The molecule has 3 heterocycles. The number of hydrogen-bond donors (Lipinski definition) is 0. The van der Waals surface area contributed by atoms with E-state index >= 15 is 0 Å². The normalized spacial score (nSPS) is 13.1. The first kappa shape index (κ1) is 21.3. The first-order valence-electron chi connectivity index (χ1n) is 12.5. The van der Waals surface area contributed by atoms with Crippen LogP contribution in [0.5, 0.6) is 0 Å². The standard InChI is InChI=1S/C31H34N3/c1-17(2)21-10-9-11-24-27(21)22-12-18(3)19(4)26-29(22)34(24)25-14-20(15-31(5,6)7)13-23-28(25)30(26)33(8)16-32-23/h9-14,16-17H,15H2,1-8H3/q+1. The van der Waals surface area contributed by atoms with Crippen LogP contribution in [-0.4, -0.2) is 9.38 Å². The van der Waals surface area contributed by atoms with Crippen LogP contribution in [0.25, 0.3) is 49.1 Å². The number of hydrogen-bond acceptors (Lipinski definition) is 1. The van der Waals surface area contributed by atoms with E-state index in [1.165, 1.54) is 65.9 Å². The van der Waals surface area contributed by atoms with Crippen molar-refractivity contribution in [3.05, 3.63) is 65.0 Å². The molecular formula is C31H34N3+. The third-order valence-corrected chi connectivity index (χ3v) is 7.58. The summed E-state index contributed by atoms with van der Waals surface area (Å²) in [6.45, 7) is 16.1. The molecule has 0 N–H and O–H groups in total. The van der Waals surface area contributed by atoms with Crippen LogP contribution in [0, 0.1) is 19.3 Å². The van der Waals surface area contributed by atoms with Gasteiger partial charge in [0, 0.05) is 10.8 Å². The first-order valence-corrected chi connectivity index (χ1v) is 12.5. The van der Waals surface area contributed by atoms with Gasteiger partial charge in [-0.05, 0) is 83.1 Å². The first-order chi connectivity index (χ1) is 16.1. The van der Waals surface area contributed by atoms with Crippen LogP contribution in [0.4, 0.5) is 0 Å². The molecule has 0 amide bonds. The van der Waals surface area contributed by atoms with Gasteiger partial charge in [0.05, 0.1) is 34.4 Å². The Labute approximate surface area is 201 Å². The number of pyridine rings is 1. The van der Waals surface area contributed by atoms with Gasteiger partial charge in [0.2, 0.25) is 0 Å². The summed E-state index contributed by atoms with van der Waals surface area (Å²) in [6, 6.07) is 14.0. The molecule has 0 aliphatic carbocycles. The lowest BCUT2D eigenvalue weighted by Gasteiger charge is -2.19. The Kier molecular flexibility index (Phi) is 4.34. The molecule has 172 valence electrons. The molecule has 0 fully saturated rings. The second kappa shape index (κ2) is 6.91. The SMILES string of the molecule is Cc1cc2c3c(C(C)C)cccc3n3c4cc(CC(C)(C)C)cc5nc[n+](C)c(c(c1C)c23)c54. The zero-order valence-corrected chi connectivity index (χ0v) is 21.7. The van der Waals surface area contributed by atoms with Crippen molar-refractivity contribution in [3.63, 3.8) is 0 Å². The Morgan fingerprint density at radius 3 is 2.44 bits per heavy atom. The molecule has 0 bridgehead atoms. The highest BCUT2D eigenvalue weighted by Crippen LogP contribution is 2.43. The molecule has 6 rings (SSSR count). The van der Waals surface area contributed by atoms with Crippen LogP contribution < -0.4 is 4.57 Å². The summed E-state index contributed by atoms with van der Waals surface area (Å²) in [5.41, 5.74) is 12.0. The molecule has 0 radical (unpaired) electrons. The van der Waals surface area contributed by atoms with Gasteiger partial charge in [-0.3, -0.25) is 0 Å². The maximum absolute atomic E-state index is 4.92. The summed E-state index contributed by atoms with van der Waals surface area (Å²) in [7, 11) is 2.14. The summed E-state index contributed by atoms with van der Waals surface area (Å²) in [6.07, 6.45) is 3.02. The van der Waals surface area contributed by atoms with Crippen molar-refractivity contribution in [2.45, 2.75) is 60.8 Å². The number of fused-ring (bicyclic) bond motifs is 5. The molecule has 34 heavy (non-hydrogen) atoms. The summed E-state index contributed by atoms with van der Waals surface area (Å²) in [4.78, 5) is 4.92. The van der Waals surface area contributed by atoms with E-state index in [4.69, 9.17) is 4.98 Å². The fraction of sp³-hybridized carbons (Fsp3) is 0.355. The van der Waals surface area contributed by atoms with Crippen molar-refractivity contribution in [2.24, 2.45) is 12.5 Å². The molecule has 3 nitrogen and oxygen atoms in total. The van der Waals surface area contributed by atoms with Gasteiger partial charge in [-0.2, -0.15) is 0 Å². The fourth-order valence-electron chi connectivity index (χ4n) is 6.09. The van der Waals surface area contributed by atoms with Crippen LogP contribution >= 0.6 is 0 Å². The second-order valence-electron chi connectivity index (χ2n) is 11.8. The molecule has 0 saturated carbocycles. The van der Waals surface area contributed by atoms with Gasteiger partial charge in [-0.1, -0.05) is 46.8 Å². The molecule has 0 atom stereocenters. The van der Waals surface area contributed by atoms with Gasteiger partial charge in [0.1, 0.15) is 5.52 Å². The Morgan fingerprint density at radius 2 is 1.74 bits per heavy atom. The van der Waals surface area contributed by atoms with Crippen molar-refractivity contribution in [3.8, 4) is 0 Å². The average Bonchev–Trinajstić information content (AvgIpc) is 3.08. The van der Waals surface area contributed by atoms with E-state index in [1.54, 1.807) is 0 Å². The maximum Gasteiger partial charge on any atom is 0.287 e. The van der Waals surface area contributed by atoms with E-state index in [0.29, 0.717) is 5.92 Å². The van der Waals surface area contributed by atoms with Crippen molar-refractivity contribution < 1.29 is 4.57 Å². The van der Waals surface area contributed by atoms with Crippen LogP contribution in [-0.2, 0) is 13.5 Å². The van der Waals surface area contributed by atoms with Gasteiger partial charge in [0.15, 0.2) is 5.52 Å². The quantitative estimate of drug-likeness (QED) is 0.152. The minimum absolute atomic E-state index is 0.210. The number of aryl methyl sites for hydroxylation is 3. The van der Waals surface area contributed by atoms with Crippen LogP contribution in [0.1, 0.15) is 62.8 Å². The van der Waals surface area contributed by atoms with Gasteiger partial charge < -0.3 is 4.40 Å². The summed E-state index contributed by atoms with van der Waals surface area (Å²) >= 11 is 0. The highest BCUT2D eigenvalue weighted by atomic mass is 15.0. The average molecular weight is 449 g/mol. The molecule has 6 aromatic rings. The number of benzene rings is 3. The monoisotopic (exact) mass is 448 g/mol. The van der Waals surface area contributed by atoms with Crippen LogP contribution in [0.15, 0.2) is 42.7 Å². The molecular weight excluding hydrogens is 414 g/mol. The second-order valence-corrected chi connectivity index (χ2v) is 11.8. The van der Waals surface area contributed by atoms with Crippen molar-refractivity contribution in [1.82, 2.24) is 9.38 Å². The highest BCUT2D eigenvalue weighted by Gasteiger charge is 2.26. The number of rotatable bonds is 2. The largest absolute Gasteiger partial charge is 0.308 e. The van der Waals surface area contributed by atoms with Crippen molar-refractivity contribution in [2.75, 3.05) is 0 Å².